The Bertz CT molecular complexity index is 1470. The number of hydrogen-bond acceptors (Lipinski definition) is 6. The first-order chi connectivity index (χ1) is 19.3. The third-order valence-electron chi connectivity index (χ3n) is 7.30. The van der Waals surface area contributed by atoms with E-state index >= 15 is 0 Å². The van der Waals surface area contributed by atoms with E-state index in [-0.39, 0.29) is 31.8 Å². The Morgan fingerprint density at radius 3 is 2.58 bits per heavy atom. The molecule has 0 unspecified atom stereocenters. The lowest BCUT2D eigenvalue weighted by Crippen LogP contribution is -2.38. The third-order valence-corrected chi connectivity index (χ3v) is 7.30. The van der Waals surface area contributed by atoms with Crippen LogP contribution in [-0.4, -0.2) is 36.5 Å². The number of para-hydroxylation sites is 1. The topological polar surface area (TPSA) is 77.9 Å². The van der Waals surface area contributed by atoms with Crippen molar-refractivity contribution in [2.45, 2.75) is 51.8 Å². The molecule has 0 atom stereocenters. The number of rotatable bonds is 10. The number of nitrogens with two attached hydrogens (primary N) is 1. The highest BCUT2D eigenvalue weighted by molar-refractivity contribution is 5.89. The van der Waals surface area contributed by atoms with Crippen LogP contribution >= 0.6 is 0 Å². The highest BCUT2D eigenvalue weighted by Gasteiger charge is 2.34. The molecular formula is C32H34F2N2O4. The van der Waals surface area contributed by atoms with Gasteiger partial charge in [-0.3, -0.25) is 9.69 Å². The zero-order chi connectivity index (χ0) is 28.1. The summed E-state index contributed by atoms with van der Waals surface area (Å²) in [4.78, 5) is 14.1. The Kier molecular flexibility index (Phi) is 8.47. The second-order valence-corrected chi connectivity index (χ2v) is 10.2. The fraction of sp³-hybridized carbons (Fsp3) is 0.344. The van der Waals surface area contributed by atoms with E-state index in [4.69, 9.17) is 19.6 Å². The third kappa shape index (κ3) is 6.51. The number of halogens is 2. The summed E-state index contributed by atoms with van der Waals surface area (Å²) in [6.45, 7) is 3.93. The maximum atomic E-state index is 13.8. The van der Waals surface area contributed by atoms with Gasteiger partial charge in [0.05, 0.1) is 19.3 Å². The van der Waals surface area contributed by atoms with Gasteiger partial charge >= 0.3 is 5.97 Å². The highest BCUT2D eigenvalue weighted by Crippen LogP contribution is 2.35. The summed E-state index contributed by atoms with van der Waals surface area (Å²) >= 11 is 0. The number of benzene rings is 3. The zero-order valence-electron chi connectivity index (χ0n) is 22.6. The monoisotopic (exact) mass is 548 g/mol. The molecule has 0 saturated carbocycles. The van der Waals surface area contributed by atoms with Crippen molar-refractivity contribution in [3.8, 4) is 16.9 Å². The number of fused-ring (bicyclic) bond motifs is 1. The van der Waals surface area contributed by atoms with E-state index in [0.717, 1.165) is 44.3 Å². The minimum absolute atomic E-state index is 0.122. The van der Waals surface area contributed by atoms with E-state index in [1.165, 1.54) is 0 Å². The number of likely N-dealkylation sites (tertiary alicyclic amines) is 1. The van der Waals surface area contributed by atoms with Crippen LogP contribution in [0, 0.1) is 0 Å². The van der Waals surface area contributed by atoms with Gasteiger partial charge in [-0.1, -0.05) is 36.4 Å². The summed E-state index contributed by atoms with van der Waals surface area (Å²) in [5.74, 6) is -2.31. The molecule has 1 saturated heterocycles. The zero-order valence-corrected chi connectivity index (χ0v) is 22.6. The molecular weight excluding hydrogens is 514 g/mol. The standard InChI is InChI=1S/C32H34F2N2O4/c1-2-38-30(37)17-24-7-3-4-9-29(24)39-20-27-21-40-31-26(19-36-12-10-32(33,34)11-13-36)15-25(16-28(27)31)23-8-5-6-22(14-23)18-35/h3-9,14-16,21H,2,10-13,17-20,35H2,1H3. The van der Waals surface area contributed by atoms with E-state index < -0.39 is 5.92 Å². The molecule has 2 N–H and O–H groups in total. The lowest BCUT2D eigenvalue weighted by atomic mass is 9.97. The first-order valence-electron chi connectivity index (χ1n) is 13.6. The number of nitrogens with zero attached hydrogens (tertiary/aromatic N) is 1. The molecule has 1 aromatic heterocycles. The number of ether oxygens (including phenoxy) is 2. The van der Waals surface area contributed by atoms with Gasteiger partial charge in [-0.15, -0.1) is 0 Å². The largest absolute Gasteiger partial charge is 0.488 e. The molecule has 2 heterocycles. The predicted octanol–water partition coefficient (Wildman–Crippen LogP) is 6.47. The number of piperidine rings is 1. The first-order valence-corrected chi connectivity index (χ1v) is 13.6. The number of carbonyl (C=O) groups is 1. The highest BCUT2D eigenvalue weighted by atomic mass is 19.3. The second kappa shape index (κ2) is 12.2. The van der Waals surface area contributed by atoms with Gasteiger partial charge in [-0.25, -0.2) is 8.78 Å². The predicted molar refractivity (Wildman–Crippen MR) is 150 cm³/mol. The number of esters is 1. The number of carbonyl (C=O) groups excluding carboxylic acids is 1. The van der Waals surface area contributed by atoms with Gasteiger partial charge < -0.3 is 19.6 Å². The summed E-state index contributed by atoms with van der Waals surface area (Å²) in [6.07, 6.45) is 1.52. The van der Waals surface area contributed by atoms with Crippen LogP contribution in [0.25, 0.3) is 22.1 Å². The molecule has 40 heavy (non-hydrogen) atoms. The number of furan rings is 1. The molecule has 0 spiro atoms. The number of hydrogen-bond donors (Lipinski definition) is 1. The van der Waals surface area contributed by atoms with Crippen LogP contribution in [0.1, 0.15) is 42.0 Å². The van der Waals surface area contributed by atoms with Crippen LogP contribution < -0.4 is 10.5 Å². The minimum Gasteiger partial charge on any atom is -0.488 e. The van der Waals surface area contributed by atoms with Gasteiger partial charge in [0.2, 0.25) is 0 Å². The first kappa shape index (κ1) is 27.8. The molecule has 5 rings (SSSR count). The molecule has 1 aliphatic heterocycles. The molecule has 1 aliphatic rings. The van der Waals surface area contributed by atoms with E-state index in [0.29, 0.717) is 38.5 Å². The van der Waals surface area contributed by atoms with Crippen molar-refractivity contribution in [2.75, 3.05) is 19.7 Å². The van der Waals surface area contributed by atoms with E-state index in [1.807, 2.05) is 42.5 Å². The normalized spacial score (nSPS) is 15.3. The fourth-order valence-corrected chi connectivity index (χ4v) is 5.13. The molecule has 210 valence electrons. The van der Waals surface area contributed by atoms with E-state index in [1.54, 1.807) is 13.2 Å². The molecule has 4 aromatic rings. The number of alkyl halides is 2. The van der Waals surface area contributed by atoms with Crippen LogP contribution in [0.3, 0.4) is 0 Å². The van der Waals surface area contributed by atoms with E-state index in [2.05, 4.69) is 23.1 Å². The SMILES string of the molecule is CCOC(=O)Cc1ccccc1OCc1coc2c(CN3CCC(F)(F)CC3)cc(-c3cccc(CN)c3)cc12. The molecule has 0 radical (unpaired) electrons. The van der Waals surface area contributed by atoms with Crippen LogP contribution in [-0.2, 0) is 35.6 Å². The van der Waals surface area contributed by atoms with Gasteiger partial charge in [-0.05, 0) is 47.9 Å². The fourth-order valence-electron chi connectivity index (χ4n) is 5.13. The summed E-state index contributed by atoms with van der Waals surface area (Å²) in [6, 6.07) is 19.6. The Morgan fingerprint density at radius 1 is 1.00 bits per heavy atom. The van der Waals surface area contributed by atoms with Crippen molar-refractivity contribution < 1.29 is 27.5 Å². The van der Waals surface area contributed by atoms with Crippen molar-refractivity contribution in [3.05, 3.63) is 89.2 Å². The van der Waals surface area contributed by atoms with Crippen LogP contribution in [0.2, 0.25) is 0 Å². The Morgan fingerprint density at radius 2 is 1.80 bits per heavy atom. The average molecular weight is 549 g/mol. The Hall–Kier alpha value is -3.75. The summed E-state index contributed by atoms with van der Waals surface area (Å²) in [5, 5.41) is 0.899. The summed E-state index contributed by atoms with van der Waals surface area (Å²) in [7, 11) is 0. The van der Waals surface area contributed by atoms with Crippen molar-refractivity contribution in [3.63, 3.8) is 0 Å². The van der Waals surface area contributed by atoms with Gasteiger partial charge in [0, 0.05) is 61.1 Å². The average Bonchev–Trinajstić information content (AvgIpc) is 3.37. The maximum absolute atomic E-state index is 13.8. The molecule has 3 aromatic carbocycles. The molecule has 0 bridgehead atoms. The van der Waals surface area contributed by atoms with Crippen molar-refractivity contribution in [2.24, 2.45) is 5.73 Å². The molecule has 0 amide bonds. The molecule has 1 fully saturated rings. The molecule has 0 aliphatic carbocycles. The lowest BCUT2D eigenvalue weighted by molar-refractivity contribution is -0.142. The Balaban J connectivity index is 1.46. The van der Waals surface area contributed by atoms with Crippen LogP contribution in [0.4, 0.5) is 8.78 Å². The summed E-state index contributed by atoms with van der Waals surface area (Å²) in [5.41, 5.74) is 12.2. The van der Waals surface area contributed by atoms with Crippen molar-refractivity contribution >= 4 is 16.9 Å². The van der Waals surface area contributed by atoms with Gasteiger partial charge in [0.25, 0.3) is 5.92 Å². The summed E-state index contributed by atoms with van der Waals surface area (Å²) < 4.78 is 44.9. The van der Waals surface area contributed by atoms with Crippen LogP contribution in [0.15, 0.2) is 71.3 Å². The molecule has 6 nitrogen and oxygen atoms in total. The quantitative estimate of drug-likeness (QED) is 0.229. The Labute approximate surface area is 232 Å². The second-order valence-electron chi connectivity index (χ2n) is 10.2. The van der Waals surface area contributed by atoms with Gasteiger partial charge in [0.15, 0.2) is 0 Å². The van der Waals surface area contributed by atoms with E-state index in [9.17, 15) is 13.6 Å². The van der Waals surface area contributed by atoms with Crippen molar-refractivity contribution in [1.29, 1.82) is 0 Å². The van der Waals surface area contributed by atoms with Crippen molar-refractivity contribution in [1.82, 2.24) is 4.90 Å². The maximum Gasteiger partial charge on any atom is 0.310 e. The van der Waals surface area contributed by atoms with Crippen LogP contribution in [0.5, 0.6) is 5.75 Å². The minimum atomic E-state index is -2.60. The lowest BCUT2D eigenvalue weighted by Gasteiger charge is -2.31. The molecule has 8 heteroatoms. The van der Waals surface area contributed by atoms with Gasteiger partial charge in [-0.2, -0.15) is 0 Å². The smallest absolute Gasteiger partial charge is 0.310 e. The van der Waals surface area contributed by atoms with Gasteiger partial charge in [0.1, 0.15) is 17.9 Å².